The van der Waals surface area contributed by atoms with Crippen molar-refractivity contribution >= 4 is 11.0 Å². The van der Waals surface area contributed by atoms with Crippen molar-refractivity contribution in [1.29, 1.82) is 0 Å². The quantitative estimate of drug-likeness (QED) is 0.333. The highest BCUT2D eigenvalue weighted by atomic mass is 15.5. The van der Waals surface area contributed by atoms with E-state index in [9.17, 15) is 0 Å². The fourth-order valence-electron chi connectivity index (χ4n) is 4.65. The zero-order chi connectivity index (χ0) is 25.3. The molecule has 1 N–H and O–H groups in total. The zero-order valence-corrected chi connectivity index (χ0v) is 21.6. The zero-order valence-electron chi connectivity index (χ0n) is 21.6. The topological polar surface area (TPSA) is 98.1 Å². The summed E-state index contributed by atoms with van der Waals surface area (Å²) < 4.78 is 2.36. The minimum atomic E-state index is 0.113. The van der Waals surface area contributed by atoms with Crippen molar-refractivity contribution in [1.82, 2.24) is 40.4 Å². The molecule has 0 aliphatic rings. The molecule has 8 heteroatoms. The van der Waals surface area contributed by atoms with Crippen LogP contribution in [0.1, 0.15) is 57.4 Å². The molecule has 0 saturated heterocycles. The van der Waals surface area contributed by atoms with Gasteiger partial charge in [0.25, 0.3) is 0 Å². The number of tetrazole rings is 1. The largest absolute Gasteiger partial charge is 0.322 e. The fourth-order valence-corrected chi connectivity index (χ4v) is 4.65. The van der Waals surface area contributed by atoms with E-state index in [4.69, 9.17) is 4.98 Å². The Kier molecular flexibility index (Phi) is 6.35. The van der Waals surface area contributed by atoms with Gasteiger partial charge in [-0.05, 0) is 45.4 Å². The van der Waals surface area contributed by atoms with Crippen LogP contribution in [0.4, 0.5) is 0 Å². The number of fused-ring (bicyclic) bond motifs is 1. The van der Waals surface area contributed by atoms with Crippen LogP contribution < -0.4 is 0 Å². The second-order valence-electron chi connectivity index (χ2n) is 10.3. The van der Waals surface area contributed by atoms with E-state index in [1.807, 2.05) is 18.2 Å². The molecule has 0 radical (unpaired) electrons. The molecule has 0 unspecified atom stereocenters. The van der Waals surface area contributed by atoms with Crippen molar-refractivity contribution in [3.05, 3.63) is 71.3 Å². The number of nitrogens with zero attached hydrogens (tertiary/aromatic N) is 7. The van der Waals surface area contributed by atoms with Gasteiger partial charge in [0.1, 0.15) is 11.3 Å². The summed E-state index contributed by atoms with van der Waals surface area (Å²) >= 11 is 0. The average Bonchev–Trinajstić information content (AvgIpc) is 3.52. The van der Waals surface area contributed by atoms with Crippen LogP contribution in [-0.4, -0.2) is 40.4 Å². The molecule has 0 spiro atoms. The van der Waals surface area contributed by atoms with Crippen LogP contribution >= 0.6 is 0 Å². The van der Waals surface area contributed by atoms with Crippen LogP contribution in [0, 0.1) is 5.41 Å². The van der Waals surface area contributed by atoms with Crippen LogP contribution in [0.2, 0.25) is 0 Å². The summed E-state index contributed by atoms with van der Waals surface area (Å²) in [6.45, 7) is 11.7. The van der Waals surface area contributed by atoms with E-state index in [-0.39, 0.29) is 5.41 Å². The SMILES string of the molecule is CCc1nnc(CC)c2c1nc(CC(C)(C)C)n2Cc1ccc(-c2ccccc2-c2nnn[nH]2)cc1. The third kappa shape index (κ3) is 4.63. The van der Waals surface area contributed by atoms with Gasteiger partial charge in [0, 0.05) is 18.5 Å². The first kappa shape index (κ1) is 23.8. The van der Waals surface area contributed by atoms with Gasteiger partial charge < -0.3 is 4.57 Å². The molecule has 5 rings (SSSR count). The molecule has 8 nitrogen and oxygen atoms in total. The lowest BCUT2D eigenvalue weighted by atomic mass is 9.92. The molecule has 0 fully saturated rings. The highest BCUT2D eigenvalue weighted by Crippen LogP contribution is 2.31. The van der Waals surface area contributed by atoms with E-state index in [2.05, 4.69) is 100 Å². The van der Waals surface area contributed by atoms with Gasteiger partial charge in [-0.3, -0.25) is 0 Å². The van der Waals surface area contributed by atoms with Gasteiger partial charge in [-0.15, -0.1) is 5.10 Å². The van der Waals surface area contributed by atoms with Crippen LogP contribution in [0.15, 0.2) is 48.5 Å². The second kappa shape index (κ2) is 9.60. The van der Waals surface area contributed by atoms with E-state index in [0.29, 0.717) is 5.82 Å². The number of rotatable bonds is 7. The molecular weight excluding hydrogens is 448 g/mol. The number of hydrogen-bond acceptors (Lipinski definition) is 6. The number of imidazole rings is 1. The maximum absolute atomic E-state index is 5.12. The summed E-state index contributed by atoms with van der Waals surface area (Å²) in [5.41, 5.74) is 8.58. The summed E-state index contributed by atoms with van der Waals surface area (Å²) in [4.78, 5) is 5.12. The fraction of sp³-hybridized carbons (Fsp3) is 0.357. The summed E-state index contributed by atoms with van der Waals surface area (Å²) in [6, 6.07) is 16.9. The highest BCUT2D eigenvalue weighted by molar-refractivity contribution is 5.81. The summed E-state index contributed by atoms with van der Waals surface area (Å²) in [5, 5.41) is 23.5. The van der Waals surface area contributed by atoms with Gasteiger partial charge >= 0.3 is 0 Å². The number of aromatic nitrogens is 8. The van der Waals surface area contributed by atoms with E-state index in [1.165, 1.54) is 5.56 Å². The third-order valence-electron chi connectivity index (χ3n) is 6.38. The van der Waals surface area contributed by atoms with E-state index in [0.717, 1.165) is 70.7 Å². The van der Waals surface area contributed by atoms with Gasteiger partial charge in [0.2, 0.25) is 0 Å². The Morgan fingerprint density at radius 1 is 0.833 bits per heavy atom. The lowest BCUT2D eigenvalue weighted by Crippen LogP contribution is -2.15. The highest BCUT2D eigenvalue weighted by Gasteiger charge is 2.22. The minimum Gasteiger partial charge on any atom is -0.322 e. The molecule has 0 atom stereocenters. The standard InChI is InChI=1S/C28H32N8/c1-6-22-25-26(23(7-2)31-30-22)36(24(29-25)16-28(3,4)5)17-18-12-14-19(15-13-18)20-10-8-9-11-21(20)27-32-34-35-33-27/h8-15H,6-7,16-17H2,1-5H3,(H,32,33,34,35). The Morgan fingerprint density at radius 2 is 1.53 bits per heavy atom. The number of aromatic amines is 1. The van der Waals surface area contributed by atoms with E-state index in [1.54, 1.807) is 0 Å². The molecule has 0 saturated carbocycles. The Bertz CT molecular complexity index is 1480. The van der Waals surface area contributed by atoms with Crippen molar-refractivity contribution in [2.45, 2.75) is 60.4 Å². The Balaban J connectivity index is 1.55. The van der Waals surface area contributed by atoms with Crippen molar-refractivity contribution in [3.63, 3.8) is 0 Å². The van der Waals surface area contributed by atoms with Gasteiger partial charge in [-0.1, -0.05) is 83.1 Å². The molecule has 2 aromatic carbocycles. The number of aryl methyl sites for hydroxylation is 2. The lowest BCUT2D eigenvalue weighted by molar-refractivity contribution is 0.394. The molecule has 0 bridgehead atoms. The molecule has 36 heavy (non-hydrogen) atoms. The molecule has 3 aromatic heterocycles. The second-order valence-corrected chi connectivity index (χ2v) is 10.3. The summed E-state index contributed by atoms with van der Waals surface area (Å²) in [7, 11) is 0. The first-order valence-electron chi connectivity index (χ1n) is 12.5. The van der Waals surface area contributed by atoms with Crippen LogP contribution in [-0.2, 0) is 25.8 Å². The number of nitrogens with one attached hydrogen (secondary N) is 1. The van der Waals surface area contributed by atoms with Crippen molar-refractivity contribution in [2.24, 2.45) is 5.41 Å². The van der Waals surface area contributed by atoms with Gasteiger partial charge in [0.15, 0.2) is 5.82 Å². The van der Waals surface area contributed by atoms with Crippen molar-refractivity contribution in [3.8, 4) is 22.5 Å². The predicted molar refractivity (Wildman–Crippen MR) is 141 cm³/mol. The smallest absolute Gasteiger partial charge is 0.180 e. The lowest BCUT2D eigenvalue weighted by Gasteiger charge is -2.19. The van der Waals surface area contributed by atoms with E-state index < -0.39 is 0 Å². The number of benzene rings is 2. The van der Waals surface area contributed by atoms with Crippen LogP contribution in [0.3, 0.4) is 0 Å². The molecule has 0 amide bonds. The summed E-state index contributed by atoms with van der Waals surface area (Å²) in [5.74, 6) is 1.75. The maximum atomic E-state index is 5.12. The van der Waals surface area contributed by atoms with Crippen molar-refractivity contribution in [2.75, 3.05) is 0 Å². The van der Waals surface area contributed by atoms with Crippen LogP contribution in [0.5, 0.6) is 0 Å². The average molecular weight is 481 g/mol. The predicted octanol–water partition coefficient (Wildman–Crippen LogP) is 5.44. The first-order chi connectivity index (χ1) is 17.4. The third-order valence-corrected chi connectivity index (χ3v) is 6.38. The number of hydrogen-bond donors (Lipinski definition) is 1. The van der Waals surface area contributed by atoms with Gasteiger partial charge in [-0.25, -0.2) is 10.1 Å². The van der Waals surface area contributed by atoms with Gasteiger partial charge in [0.05, 0.1) is 16.9 Å². The monoisotopic (exact) mass is 480 g/mol. The molecule has 3 heterocycles. The minimum absolute atomic E-state index is 0.113. The van der Waals surface area contributed by atoms with Crippen LogP contribution in [0.25, 0.3) is 33.5 Å². The number of H-pyrrole nitrogens is 1. The molecule has 5 aromatic rings. The summed E-state index contributed by atoms with van der Waals surface area (Å²) in [6.07, 6.45) is 2.51. The molecule has 0 aliphatic heterocycles. The normalized spacial score (nSPS) is 11.9. The molecule has 0 aliphatic carbocycles. The maximum Gasteiger partial charge on any atom is 0.180 e. The van der Waals surface area contributed by atoms with Gasteiger partial charge in [-0.2, -0.15) is 10.2 Å². The molecule has 184 valence electrons. The Labute approximate surface area is 211 Å². The Morgan fingerprint density at radius 3 is 2.17 bits per heavy atom. The van der Waals surface area contributed by atoms with E-state index >= 15 is 0 Å². The molecular formula is C28H32N8. The van der Waals surface area contributed by atoms with Crippen molar-refractivity contribution < 1.29 is 0 Å². The Hall–Kier alpha value is -3.94. The first-order valence-corrected chi connectivity index (χ1v) is 12.5.